The summed E-state index contributed by atoms with van der Waals surface area (Å²) < 4.78 is 0.380. The number of rotatable bonds is 3. The summed E-state index contributed by atoms with van der Waals surface area (Å²) in [4.78, 5) is 23.5. The Bertz CT molecular complexity index is 592. The van der Waals surface area contributed by atoms with Gasteiger partial charge in [-0.1, -0.05) is 6.92 Å². The topological polar surface area (TPSA) is 70.7 Å². The lowest BCUT2D eigenvalue weighted by Crippen LogP contribution is -2.09. The van der Waals surface area contributed by atoms with Crippen molar-refractivity contribution in [3.05, 3.63) is 31.7 Å². The maximum absolute atomic E-state index is 11.4. The van der Waals surface area contributed by atoms with Gasteiger partial charge in [0.15, 0.2) is 10.9 Å². The number of hydrogen-bond acceptors (Lipinski definition) is 5. The zero-order valence-electron chi connectivity index (χ0n) is 9.37. The highest BCUT2D eigenvalue weighted by atomic mass is 79.9. The zero-order chi connectivity index (χ0) is 12.4. The minimum atomic E-state index is -0.216. The van der Waals surface area contributed by atoms with Gasteiger partial charge in [0.25, 0.3) is 5.56 Å². The molecule has 0 aliphatic heterocycles. The summed E-state index contributed by atoms with van der Waals surface area (Å²) in [7, 11) is 0. The van der Waals surface area contributed by atoms with E-state index in [1.807, 2.05) is 6.92 Å². The summed E-state index contributed by atoms with van der Waals surface area (Å²) in [6, 6.07) is 0. The molecule has 0 amide bonds. The van der Waals surface area contributed by atoms with Gasteiger partial charge in [-0.3, -0.25) is 4.79 Å². The van der Waals surface area contributed by atoms with E-state index in [0.29, 0.717) is 10.3 Å². The predicted octanol–water partition coefficient (Wildman–Crippen LogP) is 2.60. The van der Waals surface area contributed by atoms with E-state index in [9.17, 15) is 4.79 Å². The van der Waals surface area contributed by atoms with Crippen LogP contribution in [0.3, 0.4) is 0 Å². The minimum absolute atomic E-state index is 0.216. The van der Waals surface area contributed by atoms with Gasteiger partial charge >= 0.3 is 0 Å². The van der Waals surface area contributed by atoms with Crippen LogP contribution in [0.25, 0.3) is 0 Å². The highest BCUT2D eigenvalue weighted by molar-refractivity contribution is 9.10. The number of aryl methyl sites for hydroxylation is 2. The average Bonchev–Trinajstić information content (AvgIpc) is 2.65. The smallest absolute Gasteiger partial charge is 0.267 e. The second-order valence-corrected chi connectivity index (χ2v) is 5.39. The van der Waals surface area contributed by atoms with E-state index in [1.165, 1.54) is 11.2 Å². The van der Waals surface area contributed by atoms with Crippen molar-refractivity contribution in [2.24, 2.45) is 0 Å². The second-order valence-electron chi connectivity index (χ2n) is 3.39. The van der Waals surface area contributed by atoms with Crippen LogP contribution in [0.5, 0.6) is 0 Å². The Morgan fingerprint density at radius 2 is 2.35 bits per heavy atom. The van der Waals surface area contributed by atoms with Gasteiger partial charge in [-0.25, -0.2) is 9.97 Å². The molecule has 2 N–H and O–H groups in total. The van der Waals surface area contributed by atoms with E-state index in [4.69, 9.17) is 0 Å². The maximum atomic E-state index is 11.4. The maximum Gasteiger partial charge on any atom is 0.267 e. The van der Waals surface area contributed by atoms with Crippen molar-refractivity contribution in [1.82, 2.24) is 15.0 Å². The molecule has 2 aromatic heterocycles. The predicted molar refractivity (Wildman–Crippen MR) is 72.1 cm³/mol. The van der Waals surface area contributed by atoms with Gasteiger partial charge in [0.05, 0.1) is 12.0 Å². The first-order valence-corrected chi connectivity index (χ1v) is 6.69. The molecule has 0 aliphatic carbocycles. The number of aromatic amines is 1. The van der Waals surface area contributed by atoms with Crippen LogP contribution < -0.4 is 10.9 Å². The van der Waals surface area contributed by atoms with Crippen LogP contribution >= 0.6 is 27.3 Å². The van der Waals surface area contributed by atoms with Gasteiger partial charge in [-0.05, 0) is 29.3 Å². The molecule has 0 saturated carbocycles. The number of hydrogen-bond donors (Lipinski definition) is 2. The fraction of sp³-hybridized carbons (Fsp3) is 0.300. The number of anilines is 2. The summed E-state index contributed by atoms with van der Waals surface area (Å²) in [5.41, 5.74) is 0.852. The summed E-state index contributed by atoms with van der Waals surface area (Å²) in [6.45, 7) is 4.09. The van der Waals surface area contributed by atoms with Gasteiger partial charge in [-0.2, -0.15) is 0 Å². The molecule has 0 spiro atoms. The fourth-order valence-corrected chi connectivity index (χ4v) is 2.60. The number of nitrogens with one attached hydrogen (secondary N) is 2. The van der Waals surface area contributed by atoms with Crippen molar-refractivity contribution in [3.63, 3.8) is 0 Å². The Kier molecular flexibility index (Phi) is 3.58. The summed E-state index contributed by atoms with van der Waals surface area (Å²) in [5.74, 6) is 0.477. The molecule has 0 aromatic carbocycles. The standard InChI is InChI=1S/C10H11BrN4OS/c1-3-6-5(2)17-10(14-6)15-8-7(11)9(16)13-4-12-8/h4H,3H2,1-2H3,(H2,12,13,14,15,16). The van der Waals surface area contributed by atoms with Gasteiger partial charge in [0.1, 0.15) is 4.47 Å². The molecule has 17 heavy (non-hydrogen) atoms. The third-order valence-corrected chi connectivity index (χ3v) is 3.91. The SMILES string of the molecule is CCc1nc(Nc2nc[nH]c(=O)c2Br)sc1C. The first-order chi connectivity index (χ1) is 8.11. The van der Waals surface area contributed by atoms with Crippen LogP contribution in [0.4, 0.5) is 10.9 Å². The van der Waals surface area contributed by atoms with E-state index in [2.05, 4.69) is 43.1 Å². The average molecular weight is 315 g/mol. The van der Waals surface area contributed by atoms with E-state index in [-0.39, 0.29) is 5.56 Å². The quantitative estimate of drug-likeness (QED) is 0.913. The van der Waals surface area contributed by atoms with Crippen LogP contribution in [0.2, 0.25) is 0 Å². The van der Waals surface area contributed by atoms with Gasteiger partial charge in [-0.15, -0.1) is 11.3 Å². The molecule has 0 bridgehead atoms. The Hall–Kier alpha value is -1.21. The number of nitrogens with zero attached hydrogens (tertiary/aromatic N) is 2. The lowest BCUT2D eigenvalue weighted by Gasteiger charge is -2.01. The molecule has 0 radical (unpaired) electrons. The molecule has 2 rings (SSSR count). The number of halogens is 1. The molecule has 0 fully saturated rings. The molecule has 0 saturated heterocycles. The molecule has 2 heterocycles. The third kappa shape index (κ3) is 2.55. The lowest BCUT2D eigenvalue weighted by molar-refractivity contribution is 1.04. The normalized spacial score (nSPS) is 10.5. The molecular formula is C10H11BrN4OS. The minimum Gasteiger partial charge on any atom is -0.315 e. The van der Waals surface area contributed by atoms with E-state index < -0.39 is 0 Å². The molecule has 7 heteroatoms. The summed E-state index contributed by atoms with van der Waals surface area (Å²) in [5, 5.41) is 3.79. The third-order valence-electron chi connectivity index (χ3n) is 2.25. The molecule has 0 atom stereocenters. The Labute approximate surface area is 110 Å². The number of aromatic nitrogens is 3. The summed E-state index contributed by atoms with van der Waals surface area (Å²) >= 11 is 4.74. The molecule has 2 aromatic rings. The molecular weight excluding hydrogens is 304 g/mol. The monoisotopic (exact) mass is 314 g/mol. The molecule has 0 aliphatic rings. The van der Waals surface area contributed by atoms with Crippen LogP contribution in [0.15, 0.2) is 15.6 Å². The van der Waals surface area contributed by atoms with E-state index in [1.54, 1.807) is 11.3 Å². The first kappa shape index (κ1) is 12.3. The number of H-pyrrole nitrogens is 1. The zero-order valence-corrected chi connectivity index (χ0v) is 11.8. The lowest BCUT2D eigenvalue weighted by atomic mass is 10.3. The fourth-order valence-electron chi connectivity index (χ4n) is 1.38. The highest BCUT2D eigenvalue weighted by Crippen LogP contribution is 2.26. The van der Waals surface area contributed by atoms with Gasteiger partial charge < -0.3 is 10.3 Å². The largest absolute Gasteiger partial charge is 0.315 e. The molecule has 0 unspecified atom stereocenters. The number of thiazole rings is 1. The van der Waals surface area contributed by atoms with Gasteiger partial charge in [0.2, 0.25) is 0 Å². The molecule has 90 valence electrons. The Balaban J connectivity index is 2.31. The molecule has 5 nitrogen and oxygen atoms in total. The van der Waals surface area contributed by atoms with Crippen molar-refractivity contribution in [2.45, 2.75) is 20.3 Å². The van der Waals surface area contributed by atoms with Crippen LogP contribution in [-0.2, 0) is 6.42 Å². The van der Waals surface area contributed by atoms with E-state index in [0.717, 1.165) is 17.2 Å². The highest BCUT2D eigenvalue weighted by Gasteiger charge is 2.10. The van der Waals surface area contributed by atoms with Crippen molar-refractivity contribution >= 4 is 38.2 Å². The van der Waals surface area contributed by atoms with Crippen molar-refractivity contribution < 1.29 is 0 Å². The Morgan fingerprint density at radius 1 is 1.59 bits per heavy atom. The Morgan fingerprint density at radius 3 is 3.00 bits per heavy atom. The summed E-state index contributed by atoms with van der Waals surface area (Å²) in [6.07, 6.45) is 2.25. The van der Waals surface area contributed by atoms with E-state index >= 15 is 0 Å². The second kappa shape index (κ2) is 4.97. The van der Waals surface area contributed by atoms with Crippen LogP contribution in [0, 0.1) is 6.92 Å². The van der Waals surface area contributed by atoms with Crippen LogP contribution in [-0.4, -0.2) is 15.0 Å². The van der Waals surface area contributed by atoms with Crippen molar-refractivity contribution in [1.29, 1.82) is 0 Å². The first-order valence-electron chi connectivity index (χ1n) is 5.08. The van der Waals surface area contributed by atoms with Crippen molar-refractivity contribution in [3.8, 4) is 0 Å². The van der Waals surface area contributed by atoms with Crippen LogP contribution in [0.1, 0.15) is 17.5 Å². The van der Waals surface area contributed by atoms with Gasteiger partial charge in [0, 0.05) is 4.88 Å². The van der Waals surface area contributed by atoms with Crippen molar-refractivity contribution in [2.75, 3.05) is 5.32 Å².